The summed E-state index contributed by atoms with van der Waals surface area (Å²) in [4.78, 5) is 10.9. The van der Waals surface area contributed by atoms with Crippen LogP contribution in [0, 0.1) is 5.92 Å². The summed E-state index contributed by atoms with van der Waals surface area (Å²) in [5.74, 6) is -0.689. The lowest BCUT2D eigenvalue weighted by Crippen LogP contribution is -2.40. The van der Waals surface area contributed by atoms with E-state index in [0.29, 0.717) is 24.4 Å². The van der Waals surface area contributed by atoms with Crippen molar-refractivity contribution >= 4 is 16.0 Å². The number of benzene rings is 1. The number of carboxylic acid groups (broad SMARTS) is 1. The van der Waals surface area contributed by atoms with Crippen LogP contribution in [0.15, 0.2) is 35.2 Å². The molecule has 0 aliphatic carbocycles. The summed E-state index contributed by atoms with van der Waals surface area (Å²) in [5, 5.41) is 8.72. The van der Waals surface area contributed by atoms with Gasteiger partial charge in [-0.1, -0.05) is 18.2 Å². The first-order chi connectivity index (χ1) is 9.50. The van der Waals surface area contributed by atoms with E-state index in [2.05, 4.69) is 0 Å². The van der Waals surface area contributed by atoms with Crippen LogP contribution in [0.4, 0.5) is 0 Å². The van der Waals surface area contributed by atoms with Crippen molar-refractivity contribution in [3.05, 3.63) is 30.3 Å². The molecule has 0 aromatic heterocycles. The Kier molecular flexibility index (Phi) is 4.77. The molecule has 1 aromatic rings. The lowest BCUT2D eigenvalue weighted by Gasteiger charge is -2.31. The van der Waals surface area contributed by atoms with Crippen LogP contribution in [0.25, 0.3) is 0 Å². The van der Waals surface area contributed by atoms with Crippen LogP contribution in [-0.2, 0) is 14.8 Å². The van der Waals surface area contributed by atoms with Crippen LogP contribution in [0.2, 0.25) is 0 Å². The molecule has 0 saturated carbocycles. The average Bonchev–Trinajstić information content (AvgIpc) is 2.46. The largest absolute Gasteiger partial charge is 0.481 e. The zero-order valence-electron chi connectivity index (χ0n) is 11.2. The maximum Gasteiger partial charge on any atom is 0.303 e. The van der Waals surface area contributed by atoms with E-state index in [1.807, 2.05) is 0 Å². The topological polar surface area (TPSA) is 74.7 Å². The van der Waals surface area contributed by atoms with Crippen molar-refractivity contribution in [2.75, 3.05) is 13.1 Å². The van der Waals surface area contributed by atoms with E-state index in [0.717, 1.165) is 12.8 Å². The van der Waals surface area contributed by atoms with Crippen LogP contribution in [-0.4, -0.2) is 36.9 Å². The van der Waals surface area contributed by atoms with E-state index in [-0.39, 0.29) is 12.3 Å². The Morgan fingerprint density at radius 1 is 1.30 bits per heavy atom. The number of nitrogens with zero attached hydrogens (tertiary/aromatic N) is 1. The lowest BCUT2D eigenvalue weighted by molar-refractivity contribution is -0.137. The van der Waals surface area contributed by atoms with Gasteiger partial charge in [0.05, 0.1) is 4.90 Å². The first kappa shape index (κ1) is 15.0. The minimum Gasteiger partial charge on any atom is -0.481 e. The summed E-state index contributed by atoms with van der Waals surface area (Å²) in [6.45, 7) is 0.936. The van der Waals surface area contributed by atoms with Gasteiger partial charge in [0.15, 0.2) is 0 Å². The second kappa shape index (κ2) is 6.37. The standard InChI is InChI=1S/C14H19NO4S/c16-14(17)9-8-12-5-4-10-15(11-12)20(18,19)13-6-2-1-3-7-13/h1-3,6-7,12H,4-5,8-11H2,(H,16,17)/t12-/m1/s1. The molecule has 0 bridgehead atoms. The zero-order valence-corrected chi connectivity index (χ0v) is 12.1. The van der Waals surface area contributed by atoms with Gasteiger partial charge >= 0.3 is 5.97 Å². The Bertz CT molecular complexity index is 556. The third-order valence-electron chi connectivity index (χ3n) is 3.63. The minimum absolute atomic E-state index is 0.101. The van der Waals surface area contributed by atoms with Gasteiger partial charge in [-0.25, -0.2) is 8.42 Å². The van der Waals surface area contributed by atoms with Gasteiger partial charge in [-0.15, -0.1) is 0 Å². The van der Waals surface area contributed by atoms with Gasteiger partial charge in [-0.2, -0.15) is 4.31 Å². The average molecular weight is 297 g/mol. The highest BCUT2D eigenvalue weighted by Gasteiger charge is 2.30. The maximum absolute atomic E-state index is 12.5. The van der Waals surface area contributed by atoms with Gasteiger partial charge in [-0.05, 0) is 37.3 Å². The van der Waals surface area contributed by atoms with E-state index in [1.54, 1.807) is 30.3 Å². The lowest BCUT2D eigenvalue weighted by atomic mass is 9.95. The molecule has 1 aliphatic heterocycles. The molecule has 110 valence electrons. The Hall–Kier alpha value is -1.40. The highest BCUT2D eigenvalue weighted by Crippen LogP contribution is 2.26. The Balaban J connectivity index is 2.07. The normalized spacial score (nSPS) is 20.7. The Morgan fingerprint density at radius 2 is 2.00 bits per heavy atom. The molecule has 6 heteroatoms. The zero-order chi connectivity index (χ0) is 14.6. The maximum atomic E-state index is 12.5. The molecule has 0 amide bonds. The van der Waals surface area contributed by atoms with Crippen molar-refractivity contribution in [2.24, 2.45) is 5.92 Å². The fraction of sp³-hybridized carbons (Fsp3) is 0.500. The number of carbonyl (C=O) groups is 1. The number of sulfonamides is 1. The van der Waals surface area contributed by atoms with E-state index in [9.17, 15) is 13.2 Å². The molecule has 1 N–H and O–H groups in total. The quantitative estimate of drug-likeness (QED) is 0.901. The number of hydrogen-bond donors (Lipinski definition) is 1. The van der Waals surface area contributed by atoms with Crippen molar-refractivity contribution < 1.29 is 18.3 Å². The molecular weight excluding hydrogens is 278 g/mol. The van der Waals surface area contributed by atoms with Gasteiger partial charge in [0.1, 0.15) is 0 Å². The van der Waals surface area contributed by atoms with E-state index >= 15 is 0 Å². The molecular formula is C14H19NO4S. The number of hydrogen-bond acceptors (Lipinski definition) is 3. The Labute approximate surface area is 119 Å². The van der Waals surface area contributed by atoms with E-state index in [1.165, 1.54) is 4.31 Å². The second-order valence-electron chi connectivity index (χ2n) is 5.12. The first-order valence-electron chi connectivity index (χ1n) is 6.77. The fourth-order valence-electron chi connectivity index (χ4n) is 2.55. The van der Waals surface area contributed by atoms with Gasteiger partial charge < -0.3 is 5.11 Å². The molecule has 0 spiro atoms. The predicted molar refractivity (Wildman–Crippen MR) is 74.8 cm³/mol. The highest BCUT2D eigenvalue weighted by molar-refractivity contribution is 7.89. The highest BCUT2D eigenvalue weighted by atomic mass is 32.2. The summed E-state index contributed by atoms with van der Waals surface area (Å²) in [7, 11) is -3.45. The van der Waals surface area contributed by atoms with Crippen LogP contribution in [0.5, 0.6) is 0 Å². The summed E-state index contributed by atoms with van der Waals surface area (Å²) in [6.07, 6.45) is 2.32. The van der Waals surface area contributed by atoms with Crippen molar-refractivity contribution in [3.8, 4) is 0 Å². The summed E-state index contributed by atoms with van der Waals surface area (Å²) >= 11 is 0. The van der Waals surface area contributed by atoms with Gasteiger partial charge in [0.2, 0.25) is 10.0 Å². The predicted octanol–water partition coefficient (Wildman–Crippen LogP) is 1.95. The number of carboxylic acids is 1. The number of piperidine rings is 1. The van der Waals surface area contributed by atoms with E-state index in [4.69, 9.17) is 5.11 Å². The molecule has 1 aromatic carbocycles. The molecule has 20 heavy (non-hydrogen) atoms. The van der Waals surface area contributed by atoms with Crippen molar-refractivity contribution in [3.63, 3.8) is 0 Å². The van der Waals surface area contributed by atoms with Gasteiger partial charge in [0, 0.05) is 19.5 Å². The van der Waals surface area contributed by atoms with Crippen molar-refractivity contribution in [1.29, 1.82) is 0 Å². The first-order valence-corrected chi connectivity index (χ1v) is 8.21. The monoisotopic (exact) mass is 297 g/mol. The molecule has 0 unspecified atom stereocenters. The van der Waals surface area contributed by atoms with Crippen molar-refractivity contribution in [2.45, 2.75) is 30.6 Å². The number of aliphatic carboxylic acids is 1. The van der Waals surface area contributed by atoms with Crippen LogP contribution >= 0.6 is 0 Å². The molecule has 1 atom stereocenters. The summed E-state index contributed by atoms with van der Waals surface area (Å²) in [6, 6.07) is 8.38. The van der Waals surface area contributed by atoms with Crippen molar-refractivity contribution in [1.82, 2.24) is 4.31 Å². The fourth-order valence-corrected chi connectivity index (χ4v) is 4.13. The van der Waals surface area contributed by atoms with Crippen LogP contribution in [0.1, 0.15) is 25.7 Å². The third kappa shape index (κ3) is 3.58. The van der Waals surface area contributed by atoms with E-state index < -0.39 is 16.0 Å². The molecule has 5 nitrogen and oxygen atoms in total. The minimum atomic E-state index is -3.45. The molecule has 1 heterocycles. The van der Waals surface area contributed by atoms with Gasteiger partial charge in [0.25, 0.3) is 0 Å². The molecule has 1 aliphatic rings. The number of rotatable bonds is 5. The van der Waals surface area contributed by atoms with Crippen LogP contribution in [0.3, 0.4) is 0 Å². The third-order valence-corrected chi connectivity index (χ3v) is 5.51. The second-order valence-corrected chi connectivity index (χ2v) is 7.05. The molecule has 1 fully saturated rings. The Morgan fingerprint density at radius 3 is 2.65 bits per heavy atom. The summed E-state index contributed by atoms with van der Waals surface area (Å²) in [5.41, 5.74) is 0. The molecule has 1 saturated heterocycles. The molecule has 0 radical (unpaired) electrons. The summed E-state index contributed by atoms with van der Waals surface area (Å²) < 4.78 is 26.4. The molecule has 2 rings (SSSR count). The smallest absolute Gasteiger partial charge is 0.303 e. The van der Waals surface area contributed by atoms with Gasteiger partial charge in [-0.3, -0.25) is 4.79 Å². The SMILES string of the molecule is O=C(O)CC[C@H]1CCCN(S(=O)(=O)c2ccccc2)C1. The van der Waals surface area contributed by atoms with Crippen LogP contribution < -0.4 is 0 Å².